The number of hydrogen-bond acceptors (Lipinski definition) is 4. The van der Waals surface area contributed by atoms with Gasteiger partial charge in [0.25, 0.3) is 0 Å². The molecule has 1 aliphatic heterocycles. The van der Waals surface area contributed by atoms with Crippen LogP contribution in [0.2, 0.25) is 0 Å². The lowest BCUT2D eigenvalue weighted by atomic mass is 10.0. The molecule has 0 spiro atoms. The molecule has 0 aliphatic carbocycles. The molecule has 1 saturated heterocycles. The Labute approximate surface area is 89.6 Å². The van der Waals surface area contributed by atoms with Crippen molar-refractivity contribution in [3.05, 3.63) is 0 Å². The van der Waals surface area contributed by atoms with Crippen LogP contribution in [-0.2, 0) is 4.79 Å². The molecule has 0 aromatic heterocycles. The fraction of sp³-hybridized carbons (Fsp3) is 0.889. The molecule has 3 N–H and O–H groups in total. The summed E-state index contributed by atoms with van der Waals surface area (Å²) in [7, 11) is 1.87. The molecule has 0 aromatic rings. The zero-order valence-electron chi connectivity index (χ0n) is 9.02. The highest BCUT2D eigenvalue weighted by molar-refractivity contribution is 8.00. The largest absolute Gasteiger partial charge is 0.353 e. The Balaban J connectivity index is 2.36. The quantitative estimate of drug-likeness (QED) is 0.569. The second-order valence-electron chi connectivity index (χ2n) is 3.92. The Morgan fingerprint density at radius 3 is 2.79 bits per heavy atom. The van der Waals surface area contributed by atoms with Crippen molar-refractivity contribution in [3.63, 3.8) is 0 Å². The molecule has 0 aromatic carbocycles. The highest BCUT2D eigenvalue weighted by Crippen LogP contribution is 2.32. The van der Waals surface area contributed by atoms with E-state index in [1.807, 2.05) is 7.05 Å². The van der Waals surface area contributed by atoms with E-state index in [9.17, 15) is 4.79 Å². The lowest BCUT2D eigenvalue weighted by molar-refractivity contribution is -0.123. The molecule has 14 heavy (non-hydrogen) atoms. The summed E-state index contributed by atoms with van der Waals surface area (Å²) < 4.78 is 0.00370. The third-order valence-corrected chi connectivity index (χ3v) is 3.65. The van der Waals surface area contributed by atoms with Crippen molar-refractivity contribution < 1.29 is 4.79 Å². The Bertz CT molecular complexity index is 208. The maximum atomic E-state index is 11.7. The average Bonchev–Trinajstić information content (AvgIpc) is 2.45. The van der Waals surface area contributed by atoms with Gasteiger partial charge in [-0.2, -0.15) is 0 Å². The van der Waals surface area contributed by atoms with E-state index in [4.69, 9.17) is 0 Å². The van der Waals surface area contributed by atoms with Crippen molar-refractivity contribution in [2.24, 2.45) is 0 Å². The topological polar surface area (TPSA) is 53.2 Å². The Morgan fingerprint density at radius 2 is 2.29 bits per heavy atom. The van der Waals surface area contributed by atoms with Crippen molar-refractivity contribution in [3.8, 4) is 0 Å². The van der Waals surface area contributed by atoms with E-state index < -0.39 is 0 Å². The van der Waals surface area contributed by atoms with Crippen LogP contribution in [-0.4, -0.2) is 42.7 Å². The van der Waals surface area contributed by atoms with Crippen molar-refractivity contribution in [1.82, 2.24) is 16.0 Å². The highest BCUT2D eigenvalue weighted by atomic mass is 32.2. The van der Waals surface area contributed by atoms with Crippen LogP contribution in [0.4, 0.5) is 0 Å². The monoisotopic (exact) mass is 217 g/mol. The fourth-order valence-corrected chi connectivity index (χ4v) is 2.44. The predicted octanol–water partition coefficient (Wildman–Crippen LogP) is -0.237. The van der Waals surface area contributed by atoms with Gasteiger partial charge in [-0.05, 0) is 20.9 Å². The van der Waals surface area contributed by atoms with Crippen molar-refractivity contribution in [1.29, 1.82) is 0 Å². The molecule has 0 bridgehead atoms. The van der Waals surface area contributed by atoms with Gasteiger partial charge in [0, 0.05) is 23.7 Å². The van der Waals surface area contributed by atoms with E-state index in [-0.39, 0.29) is 16.7 Å². The number of nitrogens with one attached hydrogen (secondary N) is 3. The summed E-state index contributed by atoms with van der Waals surface area (Å²) in [4.78, 5) is 11.7. The molecule has 1 amide bonds. The lowest BCUT2D eigenvalue weighted by Crippen LogP contribution is -2.50. The molecule has 0 saturated carbocycles. The normalized spacial score (nSPS) is 24.9. The van der Waals surface area contributed by atoms with Crippen molar-refractivity contribution in [2.75, 3.05) is 26.0 Å². The molecule has 1 rings (SSSR count). The number of carbonyl (C=O) groups is 1. The third kappa shape index (κ3) is 2.87. The molecule has 1 aliphatic rings. The van der Waals surface area contributed by atoms with Gasteiger partial charge in [0.2, 0.25) is 5.91 Å². The van der Waals surface area contributed by atoms with Crippen molar-refractivity contribution >= 4 is 17.7 Å². The summed E-state index contributed by atoms with van der Waals surface area (Å²) in [6.45, 7) is 5.69. The molecule has 1 fully saturated rings. The Hall–Kier alpha value is -0.260. The first-order chi connectivity index (χ1) is 6.58. The van der Waals surface area contributed by atoms with Gasteiger partial charge in [0.05, 0.1) is 0 Å². The summed E-state index contributed by atoms with van der Waals surface area (Å²) in [5.41, 5.74) is 0. The van der Waals surface area contributed by atoms with Gasteiger partial charge in [-0.15, -0.1) is 11.8 Å². The van der Waals surface area contributed by atoms with Crippen LogP contribution in [0.1, 0.15) is 13.8 Å². The van der Waals surface area contributed by atoms with Crippen molar-refractivity contribution in [2.45, 2.75) is 24.6 Å². The number of thioether (sulfide) groups is 1. The maximum Gasteiger partial charge on any atom is 0.238 e. The van der Waals surface area contributed by atoms with E-state index in [2.05, 4.69) is 29.8 Å². The molecular formula is C9H19N3OS. The molecule has 1 atom stereocenters. The maximum absolute atomic E-state index is 11.7. The van der Waals surface area contributed by atoms with E-state index in [0.717, 1.165) is 12.4 Å². The third-order valence-electron chi connectivity index (χ3n) is 2.36. The van der Waals surface area contributed by atoms with Gasteiger partial charge in [0.15, 0.2) is 0 Å². The number of rotatable bonds is 4. The van der Waals surface area contributed by atoms with E-state index >= 15 is 0 Å². The van der Waals surface area contributed by atoms with Gasteiger partial charge in [0.1, 0.15) is 6.04 Å². The van der Waals surface area contributed by atoms with Crippen LogP contribution < -0.4 is 16.0 Å². The summed E-state index contributed by atoms with van der Waals surface area (Å²) in [5, 5.41) is 9.10. The fourth-order valence-electron chi connectivity index (χ4n) is 1.46. The molecule has 1 unspecified atom stereocenters. The minimum Gasteiger partial charge on any atom is -0.353 e. The molecule has 1 heterocycles. The second kappa shape index (κ2) is 5.00. The van der Waals surface area contributed by atoms with Crippen LogP contribution in [0, 0.1) is 0 Å². The van der Waals surface area contributed by atoms with Crippen LogP contribution in [0.3, 0.4) is 0 Å². The van der Waals surface area contributed by atoms with Crippen LogP contribution in [0.15, 0.2) is 0 Å². The first-order valence-corrected chi connectivity index (χ1v) is 5.86. The van der Waals surface area contributed by atoms with Crippen LogP contribution in [0.25, 0.3) is 0 Å². The molecule has 0 radical (unpaired) electrons. The first-order valence-electron chi connectivity index (χ1n) is 4.87. The van der Waals surface area contributed by atoms with E-state index in [1.165, 1.54) is 0 Å². The Morgan fingerprint density at radius 1 is 1.57 bits per heavy atom. The standard InChI is InChI=1S/C9H19N3OS/c1-9(2)7(12-6-14-9)8(13)11-5-4-10-3/h7,10,12H,4-6H2,1-3H3,(H,11,13). The minimum atomic E-state index is -0.0654. The highest BCUT2D eigenvalue weighted by Gasteiger charge is 2.39. The number of hydrogen-bond donors (Lipinski definition) is 3. The van der Waals surface area contributed by atoms with Gasteiger partial charge in [-0.1, -0.05) is 0 Å². The number of carbonyl (C=O) groups excluding carboxylic acids is 1. The number of amides is 1. The summed E-state index contributed by atoms with van der Waals surface area (Å²) >= 11 is 1.79. The summed E-state index contributed by atoms with van der Waals surface area (Å²) in [6.07, 6.45) is 0. The Kier molecular flexibility index (Phi) is 4.22. The predicted molar refractivity (Wildman–Crippen MR) is 60.4 cm³/mol. The lowest BCUT2D eigenvalue weighted by Gasteiger charge is -2.24. The van der Waals surface area contributed by atoms with Gasteiger partial charge in [-0.25, -0.2) is 0 Å². The SMILES string of the molecule is CNCCNC(=O)C1NCSC1(C)C. The second-order valence-corrected chi connectivity index (χ2v) is 5.55. The minimum absolute atomic E-state index is 0.00370. The zero-order chi connectivity index (χ0) is 10.6. The van der Waals surface area contributed by atoms with Crippen LogP contribution in [0.5, 0.6) is 0 Å². The van der Waals surface area contributed by atoms with E-state index in [1.54, 1.807) is 11.8 Å². The average molecular weight is 217 g/mol. The van der Waals surface area contributed by atoms with E-state index in [0.29, 0.717) is 6.54 Å². The molecule has 82 valence electrons. The van der Waals surface area contributed by atoms with Gasteiger partial charge < -0.3 is 10.6 Å². The first kappa shape index (κ1) is 11.8. The number of likely N-dealkylation sites (N-methyl/N-ethyl adjacent to an activating group) is 1. The van der Waals surface area contributed by atoms with Crippen LogP contribution >= 0.6 is 11.8 Å². The summed E-state index contributed by atoms with van der Waals surface area (Å²) in [5.74, 6) is 0.965. The summed E-state index contributed by atoms with van der Waals surface area (Å²) in [6, 6.07) is -0.0654. The molecule has 4 nitrogen and oxygen atoms in total. The van der Waals surface area contributed by atoms with Gasteiger partial charge in [-0.3, -0.25) is 10.1 Å². The zero-order valence-corrected chi connectivity index (χ0v) is 9.83. The van der Waals surface area contributed by atoms with Gasteiger partial charge >= 0.3 is 0 Å². The smallest absolute Gasteiger partial charge is 0.238 e. The molecule has 5 heteroatoms. The molecular weight excluding hydrogens is 198 g/mol.